The Morgan fingerprint density at radius 1 is 0.365 bits per heavy atom. The van der Waals surface area contributed by atoms with Crippen LogP contribution in [-0.4, -0.2) is 96.7 Å². The largest absolute Gasteiger partial charge is 0.472 e. The molecule has 0 saturated heterocycles. The summed E-state index contributed by atoms with van der Waals surface area (Å²) in [7, 11) is -9.85. The first-order valence-electron chi connectivity index (χ1n) is 29.1. The van der Waals surface area contributed by atoms with E-state index >= 15 is 0 Å². The monoisotopic (exact) mass is 1100 g/mol. The molecule has 3 N–H and O–H groups in total. The number of hydrogen-bond donors (Lipinski definition) is 3. The van der Waals surface area contributed by atoms with Gasteiger partial charge in [-0.15, -0.1) is 0 Å². The van der Waals surface area contributed by atoms with E-state index in [-0.39, 0.29) is 25.7 Å². The molecule has 17 nitrogen and oxygen atoms in total. The van der Waals surface area contributed by atoms with Crippen LogP contribution in [-0.2, 0) is 65.4 Å². The average molecular weight is 1100 g/mol. The van der Waals surface area contributed by atoms with Crippen LogP contribution in [0.2, 0.25) is 0 Å². The fraction of sp³-hybridized carbons (Fsp3) is 0.927. The second-order valence-corrected chi connectivity index (χ2v) is 23.4. The van der Waals surface area contributed by atoms with Gasteiger partial charge in [0.25, 0.3) is 0 Å². The van der Waals surface area contributed by atoms with Gasteiger partial charge in [0.15, 0.2) is 12.2 Å². The first-order chi connectivity index (χ1) is 35.5. The number of hydrogen-bond acceptors (Lipinski definition) is 15. The van der Waals surface area contributed by atoms with Gasteiger partial charge < -0.3 is 33.8 Å². The van der Waals surface area contributed by atoms with E-state index in [9.17, 15) is 43.2 Å². The molecule has 0 spiro atoms. The van der Waals surface area contributed by atoms with Crippen LogP contribution in [0.3, 0.4) is 0 Å². The highest BCUT2D eigenvalue weighted by molar-refractivity contribution is 7.47. The topological polar surface area (TPSA) is 237 Å². The van der Waals surface area contributed by atoms with E-state index in [1.807, 2.05) is 0 Å². The zero-order valence-electron chi connectivity index (χ0n) is 47.0. The zero-order chi connectivity index (χ0) is 55.0. The van der Waals surface area contributed by atoms with Gasteiger partial charge in [-0.2, -0.15) is 0 Å². The number of aliphatic hydroxyl groups excluding tert-OH is 1. The van der Waals surface area contributed by atoms with Crippen molar-refractivity contribution in [2.24, 2.45) is 5.92 Å². The molecule has 0 aliphatic carbocycles. The first-order valence-corrected chi connectivity index (χ1v) is 32.1. The molecule has 0 rings (SSSR count). The summed E-state index contributed by atoms with van der Waals surface area (Å²) in [6.07, 6.45) is 29.8. The van der Waals surface area contributed by atoms with Gasteiger partial charge in [-0.3, -0.25) is 37.3 Å². The molecule has 2 unspecified atom stereocenters. The van der Waals surface area contributed by atoms with Gasteiger partial charge in [-0.25, -0.2) is 9.13 Å². The summed E-state index contributed by atoms with van der Waals surface area (Å²) in [6.45, 7) is 6.97. The van der Waals surface area contributed by atoms with Crippen LogP contribution in [0, 0.1) is 5.92 Å². The summed E-state index contributed by atoms with van der Waals surface area (Å²) < 4.78 is 67.3. The number of rotatable bonds is 55. The Hall–Kier alpha value is -1.94. The molecule has 0 heterocycles. The van der Waals surface area contributed by atoms with Crippen LogP contribution < -0.4 is 0 Å². The van der Waals surface area contributed by atoms with Gasteiger partial charge in [-0.1, -0.05) is 214 Å². The number of carbonyl (C=O) groups excluding carboxylic acids is 4. The normalized spacial score (nSPS) is 14.5. The summed E-state index contributed by atoms with van der Waals surface area (Å²) >= 11 is 0. The lowest BCUT2D eigenvalue weighted by Crippen LogP contribution is -2.30. The molecule has 0 fully saturated rings. The lowest BCUT2D eigenvalue weighted by molar-refractivity contribution is -0.161. The summed E-state index contributed by atoms with van der Waals surface area (Å²) in [5.74, 6) is -1.41. The highest BCUT2D eigenvalue weighted by Crippen LogP contribution is 2.45. The van der Waals surface area contributed by atoms with Crippen molar-refractivity contribution in [1.29, 1.82) is 0 Å². The molecule has 0 aromatic carbocycles. The van der Waals surface area contributed by atoms with E-state index in [2.05, 4.69) is 34.6 Å². The molecule has 0 radical (unpaired) electrons. The molecular formula is C55H106O17P2. The Morgan fingerprint density at radius 2 is 0.622 bits per heavy atom. The summed E-state index contributed by atoms with van der Waals surface area (Å²) in [5, 5.41) is 10.4. The minimum atomic E-state index is -4.93. The van der Waals surface area contributed by atoms with Gasteiger partial charge in [0.05, 0.1) is 26.4 Å². The van der Waals surface area contributed by atoms with Crippen molar-refractivity contribution in [2.75, 3.05) is 39.6 Å². The van der Waals surface area contributed by atoms with Gasteiger partial charge in [0, 0.05) is 25.7 Å². The molecule has 438 valence electrons. The fourth-order valence-electron chi connectivity index (χ4n) is 7.99. The molecule has 0 aromatic heterocycles. The Balaban J connectivity index is 5.16. The minimum Gasteiger partial charge on any atom is -0.462 e. The van der Waals surface area contributed by atoms with Gasteiger partial charge in [0.1, 0.15) is 19.3 Å². The maximum Gasteiger partial charge on any atom is 0.472 e. The van der Waals surface area contributed by atoms with E-state index in [0.29, 0.717) is 25.7 Å². The van der Waals surface area contributed by atoms with Crippen molar-refractivity contribution in [3.63, 3.8) is 0 Å². The van der Waals surface area contributed by atoms with E-state index in [4.69, 9.17) is 37.0 Å². The summed E-state index contributed by atoms with van der Waals surface area (Å²) in [4.78, 5) is 71.4. The molecule has 0 aliphatic heterocycles. The SMILES string of the molecule is CCCCCCCCCCC(=O)OC[C@H](COP(=O)(O)OC[C@@H](O)COP(=O)(O)OC[C@@H](COC(=O)CCCCCCC)OC(=O)CCCCCCCCCC)OC(=O)CCCCCCCCCCCCC(C)C. The quantitative estimate of drug-likeness (QED) is 0.0222. The van der Waals surface area contributed by atoms with Crippen molar-refractivity contribution in [3.05, 3.63) is 0 Å². The Kier molecular flexibility index (Phi) is 48.1. The molecule has 19 heteroatoms. The number of carbonyl (C=O) groups is 4. The Labute approximate surface area is 447 Å². The molecule has 0 aliphatic rings. The van der Waals surface area contributed by atoms with E-state index in [0.717, 1.165) is 115 Å². The van der Waals surface area contributed by atoms with Gasteiger partial charge in [-0.05, 0) is 31.6 Å². The standard InChI is InChI=1S/C55H106O17P2/c1-6-9-12-15-17-24-29-34-39-53(58)66-45-51(72-55(60)41-36-31-26-22-20-19-21-23-28-32-37-48(4)5)47-70-74(63,64)68-43-49(56)42-67-73(61,62)69-46-50(44-65-52(57)38-33-27-14-11-8-3)71-54(59)40-35-30-25-18-16-13-10-7-2/h48-51,56H,6-47H2,1-5H3,(H,61,62)(H,63,64)/t49-,50+,51+/m0/s1. The second-order valence-electron chi connectivity index (χ2n) is 20.4. The lowest BCUT2D eigenvalue weighted by Gasteiger charge is -2.21. The first kappa shape index (κ1) is 72.1. The van der Waals surface area contributed by atoms with Crippen molar-refractivity contribution in [2.45, 2.75) is 284 Å². The molecule has 0 amide bonds. The number of ether oxygens (including phenoxy) is 4. The Bertz CT molecular complexity index is 1470. The van der Waals surface area contributed by atoms with E-state index in [1.165, 1.54) is 70.6 Å². The predicted molar refractivity (Wildman–Crippen MR) is 289 cm³/mol. The third-order valence-electron chi connectivity index (χ3n) is 12.5. The second kappa shape index (κ2) is 49.4. The van der Waals surface area contributed by atoms with Crippen molar-refractivity contribution < 1.29 is 80.2 Å². The molecular weight excluding hydrogens is 995 g/mol. The van der Waals surface area contributed by atoms with E-state index < -0.39 is 97.5 Å². The molecule has 0 saturated carbocycles. The Morgan fingerprint density at radius 3 is 0.919 bits per heavy atom. The summed E-state index contributed by atoms with van der Waals surface area (Å²) in [6, 6.07) is 0. The van der Waals surface area contributed by atoms with Gasteiger partial charge >= 0.3 is 39.5 Å². The van der Waals surface area contributed by atoms with Crippen molar-refractivity contribution >= 4 is 39.5 Å². The van der Waals surface area contributed by atoms with Crippen LogP contribution >= 0.6 is 15.6 Å². The number of phosphoric ester groups is 2. The van der Waals surface area contributed by atoms with Crippen LogP contribution in [0.25, 0.3) is 0 Å². The van der Waals surface area contributed by atoms with Crippen LogP contribution in [0.15, 0.2) is 0 Å². The third kappa shape index (κ3) is 49.6. The van der Waals surface area contributed by atoms with Crippen LogP contribution in [0.4, 0.5) is 0 Å². The van der Waals surface area contributed by atoms with Crippen LogP contribution in [0.5, 0.6) is 0 Å². The molecule has 5 atom stereocenters. The number of esters is 4. The third-order valence-corrected chi connectivity index (χ3v) is 14.4. The highest BCUT2D eigenvalue weighted by Gasteiger charge is 2.30. The number of unbranched alkanes of at least 4 members (excludes halogenated alkanes) is 27. The lowest BCUT2D eigenvalue weighted by atomic mass is 10.0. The van der Waals surface area contributed by atoms with Crippen molar-refractivity contribution in [1.82, 2.24) is 0 Å². The van der Waals surface area contributed by atoms with Gasteiger partial charge in [0.2, 0.25) is 0 Å². The number of aliphatic hydroxyl groups is 1. The zero-order valence-corrected chi connectivity index (χ0v) is 48.7. The molecule has 0 bridgehead atoms. The van der Waals surface area contributed by atoms with Crippen molar-refractivity contribution in [3.8, 4) is 0 Å². The average Bonchev–Trinajstić information content (AvgIpc) is 3.36. The minimum absolute atomic E-state index is 0.104. The predicted octanol–water partition coefficient (Wildman–Crippen LogP) is 14.3. The van der Waals surface area contributed by atoms with Crippen LogP contribution in [0.1, 0.15) is 266 Å². The highest BCUT2D eigenvalue weighted by atomic mass is 31.2. The maximum absolute atomic E-state index is 12.9. The number of phosphoric acid groups is 2. The fourth-order valence-corrected chi connectivity index (χ4v) is 9.57. The smallest absolute Gasteiger partial charge is 0.462 e. The summed E-state index contributed by atoms with van der Waals surface area (Å²) in [5.41, 5.74) is 0. The maximum atomic E-state index is 12.9. The molecule has 0 aromatic rings. The van der Waals surface area contributed by atoms with E-state index in [1.54, 1.807) is 0 Å². The molecule has 74 heavy (non-hydrogen) atoms.